The largest absolute Gasteiger partial charge is 0.497 e. The minimum atomic E-state index is -0.0952. The summed E-state index contributed by atoms with van der Waals surface area (Å²) in [5.74, 6) is 0.585. The molecule has 2 amide bonds. The fraction of sp³-hybridized carbons (Fsp3) is 0.263. The van der Waals surface area contributed by atoms with Crippen molar-refractivity contribution in [2.75, 3.05) is 33.3 Å². The standard InChI is InChI=1S/C19H19ClN2O3/c1-25-15-8-6-14(7-9-15)18(23)21-10-12-22(13-11-21)19(24)16-4-2-3-5-17(16)20/h2-9H,10-13H2,1H3. The van der Waals surface area contributed by atoms with E-state index >= 15 is 0 Å². The predicted octanol–water partition coefficient (Wildman–Crippen LogP) is 2.95. The number of piperazine rings is 1. The maximum atomic E-state index is 12.6. The molecule has 1 aliphatic heterocycles. The topological polar surface area (TPSA) is 49.9 Å². The van der Waals surface area contributed by atoms with E-state index in [4.69, 9.17) is 16.3 Å². The Balaban J connectivity index is 1.62. The molecule has 130 valence electrons. The number of benzene rings is 2. The minimum absolute atomic E-state index is 0.0347. The Morgan fingerprint density at radius 2 is 1.44 bits per heavy atom. The molecule has 1 aliphatic rings. The quantitative estimate of drug-likeness (QED) is 0.847. The molecule has 0 aromatic heterocycles. The highest BCUT2D eigenvalue weighted by molar-refractivity contribution is 6.33. The maximum absolute atomic E-state index is 12.6. The molecule has 5 nitrogen and oxygen atoms in total. The Bertz CT molecular complexity index is 768. The van der Waals surface area contributed by atoms with Gasteiger partial charge in [0, 0.05) is 31.7 Å². The Labute approximate surface area is 151 Å². The molecule has 25 heavy (non-hydrogen) atoms. The summed E-state index contributed by atoms with van der Waals surface area (Å²) < 4.78 is 5.11. The molecular weight excluding hydrogens is 340 g/mol. The summed E-state index contributed by atoms with van der Waals surface area (Å²) >= 11 is 6.10. The second kappa shape index (κ2) is 7.57. The third kappa shape index (κ3) is 3.77. The molecule has 3 rings (SSSR count). The van der Waals surface area contributed by atoms with Gasteiger partial charge in [0.05, 0.1) is 17.7 Å². The fourth-order valence-corrected chi connectivity index (χ4v) is 3.05. The van der Waals surface area contributed by atoms with E-state index in [2.05, 4.69) is 0 Å². The van der Waals surface area contributed by atoms with Gasteiger partial charge in [-0.3, -0.25) is 9.59 Å². The lowest BCUT2D eigenvalue weighted by Crippen LogP contribution is -2.50. The van der Waals surface area contributed by atoms with E-state index in [9.17, 15) is 9.59 Å². The molecule has 0 saturated carbocycles. The van der Waals surface area contributed by atoms with Crippen molar-refractivity contribution in [3.8, 4) is 5.75 Å². The average molecular weight is 359 g/mol. The van der Waals surface area contributed by atoms with E-state index in [0.29, 0.717) is 48.1 Å². The lowest BCUT2D eigenvalue weighted by molar-refractivity contribution is 0.0535. The van der Waals surface area contributed by atoms with Crippen LogP contribution in [-0.4, -0.2) is 54.9 Å². The van der Waals surface area contributed by atoms with Gasteiger partial charge in [0.25, 0.3) is 11.8 Å². The number of rotatable bonds is 3. The van der Waals surface area contributed by atoms with Gasteiger partial charge in [-0.2, -0.15) is 0 Å². The third-order valence-electron chi connectivity index (χ3n) is 4.30. The summed E-state index contributed by atoms with van der Waals surface area (Å²) in [4.78, 5) is 28.6. The van der Waals surface area contributed by atoms with Crippen LogP contribution in [0.2, 0.25) is 5.02 Å². The molecule has 0 atom stereocenters. The van der Waals surface area contributed by atoms with Crippen LogP contribution in [0.3, 0.4) is 0 Å². The number of nitrogens with zero attached hydrogens (tertiary/aromatic N) is 2. The molecule has 2 aromatic rings. The van der Waals surface area contributed by atoms with E-state index in [1.54, 1.807) is 65.4 Å². The van der Waals surface area contributed by atoms with Crippen molar-refractivity contribution >= 4 is 23.4 Å². The van der Waals surface area contributed by atoms with Crippen LogP contribution >= 0.6 is 11.6 Å². The Kier molecular flexibility index (Phi) is 5.24. The monoisotopic (exact) mass is 358 g/mol. The number of carbonyl (C=O) groups excluding carboxylic acids is 2. The molecule has 0 unspecified atom stereocenters. The number of carbonyl (C=O) groups is 2. The molecule has 1 saturated heterocycles. The molecule has 0 N–H and O–H groups in total. The fourth-order valence-electron chi connectivity index (χ4n) is 2.83. The second-order valence-corrected chi connectivity index (χ2v) is 6.20. The first-order valence-electron chi connectivity index (χ1n) is 8.07. The van der Waals surface area contributed by atoms with Gasteiger partial charge in [0.1, 0.15) is 5.75 Å². The zero-order chi connectivity index (χ0) is 17.8. The van der Waals surface area contributed by atoms with E-state index in [-0.39, 0.29) is 11.8 Å². The molecule has 0 aliphatic carbocycles. The highest BCUT2D eigenvalue weighted by Gasteiger charge is 2.26. The Morgan fingerprint density at radius 1 is 0.880 bits per heavy atom. The number of halogens is 1. The van der Waals surface area contributed by atoms with Crippen molar-refractivity contribution < 1.29 is 14.3 Å². The van der Waals surface area contributed by atoms with Crippen LogP contribution < -0.4 is 4.74 Å². The highest BCUT2D eigenvalue weighted by atomic mass is 35.5. The second-order valence-electron chi connectivity index (χ2n) is 5.79. The summed E-state index contributed by atoms with van der Waals surface area (Å²) in [5.41, 5.74) is 1.12. The number of ether oxygens (including phenoxy) is 1. The van der Waals surface area contributed by atoms with Crippen LogP contribution in [0.5, 0.6) is 5.75 Å². The maximum Gasteiger partial charge on any atom is 0.255 e. The van der Waals surface area contributed by atoms with Crippen LogP contribution in [0.1, 0.15) is 20.7 Å². The van der Waals surface area contributed by atoms with Crippen LogP contribution in [-0.2, 0) is 0 Å². The first kappa shape index (κ1) is 17.3. The van der Waals surface area contributed by atoms with Gasteiger partial charge in [-0.05, 0) is 36.4 Å². The van der Waals surface area contributed by atoms with Gasteiger partial charge in [-0.15, -0.1) is 0 Å². The Morgan fingerprint density at radius 3 is 2.00 bits per heavy atom. The summed E-state index contributed by atoms with van der Waals surface area (Å²) in [6, 6.07) is 14.1. The Hall–Kier alpha value is -2.53. The van der Waals surface area contributed by atoms with E-state index < -0.39 is 0 Å². The summed E-state index contributed by atoms with van der Waals surface area (Å²) in [6.45, 7) is 1.99. The molecule has 2 aromatic carbocycles. The van der Waals surface area contributed by atoms with Gasteiger partial charge in [0.15, 0.2) is 0 Å². The van der Waals surface area contributed by atoms with E-state index in [1.165, 1.54) is 0 Å². The number of hydrogen-bond acceptors (Lipinski definition) is 3. The van der Waals surface area contributed by atoms with Gasteiger partial charge in [-0.25, -0.2) is 0 Å². The first-order valence-corrected chi connectivity index (χ1v) is 8.45. The zero-order valence-corrected chi connectivity index (χ0v) is 14.7. The van der Waals surface area contributed by atoms with Crippen molar-refractivity contribution in [3.05, 3.63) is 64.7 Å². The van der Waals surface area contributed by atoms with Crippen molar-refractivity contribution in [1.82, 2.24) is 9.80 Å². The molecular formula is C19H19ClN2O3. The van der Waals surface area contributed by atoms with E-state index in [1.807, 2.05) is 0 Å². The average Bonchev–Trinajstić information content (AvgIpc) is 2.67. The van der Waals surface area contributed by atoms with Gasteiger partial charge in [-0.1, -0.05) is 23.7 Å². The lowest BCUT2D eigenvalue weighted by atomic mass is 10.1. The normalized spacial score (nSPS) is 14.3. The number of hydrogen-bond donors (Lipinski definition) is 0. The van der Waals surface area contributed by atoms with Crippen molar-refractivity contribution in [3.63, 3.8) is 0 Å². The smallest absolute Gasteiger partial charge is 0.255 e. The minimum Gasteiger partial charge on any atom is -0.497 e. The third-order valence-corrected chi connectivity index (χ3v) is 4.62. The summed E-state index contributed by atoms with van der Waals surface area (Å²) in [7, 11) is 1.59. The highest BCUT2D eigenvalue weighted by Crippen LogP contribution is 2.19. The SMILES string of the molecule is COc1ccc(C(=O)N2CCN(C(=O)c3ccccc3Cl)CC2)cc1. The van der Waals surface area contributed by atoms with Crippen molar-refractivity contribution in [2.24, 2.45) is 0 Å². The van der Waals surface area contributed by atoms with Crippen LogP contribution in [0.25, 0.3) is 0 Å². The number of methoxy groups -OCH3 is 1. The van der Waals surface area contributed by atoms with Crippen LogP contribution in [0.15, 0.2) is 48.5 Å². The van der Waals surface area contributed by atoms with Gasteiger partial charge >= 0.3 is 0 Å². The predicted molar refractivity (Wildman–Crippen MR) is 96.3 cm³/mol. The molecule has 1 fully saturated rings. The summed E-state index contributed by atoms with van der Waals surface area (Å²) in [6.07, 6.45) is 0. The van der Waals surface area contributed by atoms with Gasteiger partial charge in [0.2, 0.25) is 0 Å². The molecule has 0 bridgehead atoms. The van der Waals surface area contributed by atoms with Crippen molar-refractivity contribution in [1.29, 1.82) is 0 Å². The molecule has 6 heteroatoms. The molecule has 0 spiro atoms. The summed E-state index contributed by atoms with van der Waals surface area (Å²) in [5, 5.41) is 0.448. The van der Waals surface area contributed by atoms with E-state index in [0.717, 1.165) is 0 Å². The zero-order valence-electron chi connectivity index (χ0n) is 13.9. The van der Waals surface area contributed by atoms with Crippen LogP contribution in [0.4, 0.5) is 0 Å². The van der Waals surface area contributed by atoms with Crippen molar-refractivity contribution in [2.45, 2.75) is 0 Å². The van der Waals surface area contributed by atoms with Gasteiger partial charge < -0.3 is 14.5 Å². The molecule has 0 radical (unpaired) electrons. The molecule has 1 heterocycles. The lowest BCUT2D eigenvalue weighted by Gasteiger charge is -2.35. The van der Waals surface area contributed by atoms with Crippen LogP contribution in [0, 0.1) is 0 Å². The first-order chi connectivity index (χ1) is 12.1. The number of amides is 2.